The summed E-state index contributed by atoms with van der Waals surface area (Å²) in [5.74, 6) is 0. The predicted molar refractivity (Wildman–Crippen MR) is 64.5 cm³/mol. The maximum Gasteiger partial charge on any atom is 0.122 e. The number of nitrogens with two attached hydrogens (primary N) is 1. The molecule has 1 saturated heterocycles. The van der Waals surface area contributed by atoms with Crippen LogP contribution < -0.4 is 5.73 Å². The Labute approximate surface area is 100 Å². The van der Waals surface area contributed by atoms with E-state index in [-0.39, 0.29) is 11.6 Å². The van der Waals surface area contributed by atoms with Crippen LogP contribution in [-0.4, -0.2) is 17.1 Å². The summed E-state index contributed by atoms with van der Waals surface area (Å²) in [5.41, 5.74) is 7.44. The molecule has 0 amide bonds. The third-order valence-electron chi connectivity index (χ3n) is 3.66. The van der Waals surface area contributed by atoms with Gasteiger partial charge in [-0.25, -0.2) is 4.98 Å². The van der Waals surface area contributed by atoms with Crippen molar-refractivity contribution < 1.29 is 4.74 Å². The van der Waals surface area contributed by atoms with Crippen LogP contribution in [0, 0.1) is 0 Å². The fraction of sp³-hybridized carbons (Fsp3) is 0.750. The quantitative estimate of drug-likeness (QED) is 0.879. The van der Waals surface area contributed by atoms with E-state index in [2.05, 4.69) is 10.4 Å². The molecule has 1 atom stereocenters. The monoisotopic (exact) mass is 238 g/mol. The van der Waals surface area contributed by atoms with Gasteiger partial charge in [0.15, 0.2) is 0 Å². The highest BCUT2D eigenvalue weighted by molar-refractivity contribution is 7.09. The van der Waals surface area contributed by atoms with Gasteiger partial charge in [-0.05, 0) is 32.1 Å². The number of rotatable bonds is 3. The molecule has 1 unspecified atom stereocenters. The van der Waals surface area contributed by atoms with E-state index in [4.69, 9.17) is 10.5 Å². The Kier molecular flexibility index (Phi) is 2.73. The molecule has 16 heavy (non-hydrogen) atoms. The normalized spacial score (nSPS) is 27.9. The molecule has 2 heterocycles. The third-order valence-corrected chi connectivity index (χ3v) is 4.64. The minimum absolute atomic E-state index is 0.0435. The average molecular weight is 238 g/mol. The first-order chi connectivity index (χ1) is 7.75. The van der Waals surface area contributed by atoms with E-state index in [1.54, 1.807) is 11.3 Å². The van der Waals surface area contributed by atoms with Gasteiger partial charge in [-0.2, -0.15) is 0 Å². The molecular formula is C12H18N2OS. The predicted octanol–water partition coefficient (Wildman–Crippen LogP) is 2.42. The van der Waals surface area contributed by atoms with Crippen molar-refractivity contribution in [1.82, 2.24) is 4.98 Å². The fourth-order valence-corrected chi connectivity index (χ4v) is 3.39. The summed E-state index contributed by atoms with van der Waals surface area (Å²) in [6, 6.07) is 0. The van der Waals surface area contributed by atoms with Gasteiger partial charge in [-0.15, -0.1) is 11.3 Å². The number of hydrogen-bond donors (Lipinski definition) is 1. The zero-order valence-corrected chi connectivity index (χ0v) is 10.3. The van der Waals surface area contributed by atoms with Crippen molar-refractivity contribution in [2.45, 2.75) is 50.2 Å². The standard InChI is InChI=1S/C12H18N2OS/c13-12(4-2-5-12)7-9-8-16-11(14-9)10-3-1-6-15-10/h8,10H,1-7,13H2. The molecule has 2 aliphatic rings. The molecule has 3 rings (SSSR count). The van der Waals surface area contributed by atoms with Gasteiger partial charge in [0, 0.05) is 23.9 Å². The van der Waals surface area contributed by atoms with E-state index < -0.39 is 0 Å². The van der Waals surface area contributed by atoms with Crippen molar-refractivity contribution in [1.29, 1.82) is 0 Å². The molecule has 2 fully saturated rings. The van der Waals surface area contributed by atoms with E-state index in [0.717, 1.165) is 43.0 Å². The van der Waals surface area contributed by atoms with Crippen LogP contribution in [0.15, 0.2) is 5.38 Å². The van der Waals surface area contributed by atoms with Crippen LogP contribution in [0.5, 0.6) is 0 Å². The van der Waals surface area contributed by atoms with Crippen LogP contribution >= 0.6 is 11.3 Å². The van der Waals surface area contributed by atoms with Gasteiger partial charge in [-0.1, -0.05) is 0 Å². The molecule has 1 aliphatic carbocycles. The first-order valence-electron chi connectivity index (χ1n) is 6.10. The largest absolute Gasteiger partial charge is 0.371 e. The summed E-state index contributed by atoms with van der Waals surface area (Å²) < 4.78 is 5.64. The second-order valence-electron chi connectivity index (χ2n) is 5.07. The summed E-state index contributed by atoms with van der Waals surface area (Å²) >= 11 is 1.73. The zero-order valence-electron chi connectivity index (χ0n) is 9.45. The summed E-state index contributed by atoms with van der Waals surface area (Å²) in [6.07, 6.45) is 7.07. The molecule has 0 bridgehead atoms. The highest BCUT2D eigenvalue weighted by Gasteiger charge is 2.33. The van der Waals surface area contributed by atoms with Crippen LogP contribution in [0.1, 0.15) is 48.9 Å². The molecule has 1 saturated carbocycles. The number of ether oxygens (including phenoxy) is 1. The lowest BCUT2D eigenvalue weighted by Crippen LogP contribution is -2.48. The van der Waals surface area contributed by atoms with Crippen molar-refractivity contribution in [2.75, 3.05) is 6.61 Å². The third kappa shape index (κ3) is 2.01. The maximum absolute atomic E-state index is 6.23. The molecule has 2 N–H and O–H groups in total. The fourth-order valence-electron chi connectivity index (χ4n) is 2.49. The topological polar surface area (TPSA) is 48.1 Å². The van der Waals surface area contributed by atoms with Crippen molar-refractivity contribution in [3.05, 3.63) is 16.1 Å². The Bertz CT molecular complexity index is 367. The van der Waals surface area contributed by atoms with Crippen molar-refractivity contribution in [3.8, 4) is 0 Å². The molecular weight excluding hydrogens is 220 g/mol. The van der Waals surface area contributed by atoms with Crippen molar-refractivity contribution in [3.63, 3.8) is 0 Å². The second kappa shape index (κ2) is 4.09. The summed E-state index contributed by atoms with van der Waals surface area (Å²) in [5, 5.41) is 3.31. The van der Waals surface area contributed by atoms with E-state index in [1.807, 2.05) is 0 Å². The molecule has 0 spiro atoms. The molecule has 0 aromatic carbocycles. The number of nitrogens with zero attached hydrogens (tertiary/aromatic N) is 1. The number of thiazole rings is 1. The summed E-state index contributed by atoms with van der Waals surface area (Å²) in [7, 11) is 0. The summed E-state index contributed by atoms with van der Waals surface area (Å²) in [6.45, 7) is 0.889. The minimum atomic E-state index is 0.0435. The van der Waals surface area contributed by atoms with Gasteiger partial charge in [0.25, 0.3) is 0 Å². The molecule has 1 aromatic rings. The van der Waals surface area contributed by atoms with Gasteiger partial charge < -0.3 is 10.5 Å². The Balaban J connectivity index is 1.67. The lowest BCUT2D eigenvalue weighted by Gasteiger charge is -2.37. The number of hydrogen-bond acceptors (Lipinski definition) is 4. The SMILES string of the molecule is NC1(Cc2csc(C3CCCO3)n2)CCC1. The lowest BCUT2D eigenvalue weighted by molar-refractivity contribution is 0.111. The minimum Gasteiger partial charge on any atom is -0.371 e. The number of aromatic nitrogens is 1. The first-order valence-corrected chi connectivity index (χ1v) is 6.98. The maximum atomic E-state index is 6.23. The van der Waals surface area contributed by atoms with Crippen LogP contribution in [0.25, 0.3) is 0 Å². The van der Waals surface area contributed by atoms with Crippen LogP contribution in [0.2, 0.25) is 0 Å². The Morgan fingerprint density at radius 1 is 1.50 bits per heavy atom. The molecule has 4 heteroatoms. The zero-order chi connectivity index (χ0) is 11.0. The van der Waals surface area contributed by atoms with Crippen molar-refractivity contribution in [2.24, 2.45) is 5.73 Å². The molecule has 3 nitrogen and oxygen atoms in total. The average Bonchev–Trinajstić information content (AvgIpc) is 2.83. The lowest BCUT2D eigenvalue weighted by atomic mass is 9.75. The van der Waals surface area contributed by atoms with Gasteiger partial charge in [0.2, 0.25) is 0 Å². The first kappa shape index (κ1) is 10.7. The van der Waals surface area contributed by atoms with Gasteiger partial charge in [0.05, 0.1) is 5.69 Å². The van der Waals surface area contributed by atoms with Crippen LogP contribution in [-0.2, 0) is 11.2 Å². The van der Waals surface area contributed by atoms with E-state index >= 15 is 0 Å². The highest BCUT2D eigenvalue weighted by Crippen LogP contribution is 2.35. The van der Waals surface area contributed by atoms with Crippen LogP contribution in [0.4, 0.5) is 0 Å². The van der Waals surface area contributed by atoms with E-state index in [1.165, 1.54) is 12.8 Å². The van der Waals surface area contributed by atoms with Crippen LogP contribution in [0.3, 0.4) is 0 Å². The Hall–Kier alpha value is -0.450. The second-order valence-corrected chi connectivity index (χ2v) is 5.96. The summed E-state index contributed by atoms with van der Waals surface area (Å²) in [4.78, 5) is 4.67. The molecule has 0 radical (unpaired) electrons. The van der Waals surface area contributed by atoms with Crippen molar-refractivity contribution >= 4 is 11.3 Å². The highest BCUT2D eigenvalue weighted by atomic mass is 32.1. The molecule has 1 aromatic heterocycles. The van der Waals surface area contributed by atoms with E-state index in [0.29, 0.717) is 0 Å². The molecule has 1 aliphatic heterocycles. The Morgan fingerprint density at radius 3 is 3.00 bits per heavy atom. The van der Waals surface area contributed by atoms with Gasteiger partial charge in [0.1, 0.15) is 11.1 Å². The molecule has 88 valence electrons. The van der Waals surface area contributed by atoms with Gasteiger partial charge in [-0.3, -0.25) is 0 Å². The van der Waals surface area contributed by atoms with E-state index in [9.17, 15) is 0 Å². The smallest absolute Gasteiger partial charge is 0.122 e. The Morgan fingerprint density at radius 2 is 2.38 bits per heavy atom. The van der Waals surface area contributed by atoms with Gasteiger partial charge >= 0.3 is 0 Å².